The van der Waals surface area contributed by atoms with E-state index in [9.17, 15) is 14.0 Å². The van der Waals surface area contributed by atoms with Gasteiger partial charge in [0.05, 0.1) is 6.61 Å². The van der Waals surface area contributed by atoms with Crippen LogP contribution in [0.5, 0.6) is 0 Å². The van der Waals surface area contributed by atoms with Gasteiger partial charge in [-0.3, -0.25) is 4.79 Å². The third-order valence-electron chi connectivity index (χ3n) is 3.09. The summed E-state index contributed by atoms with van der Waals surface area (Å²) in [5, 5.41) is 12.0. The summed E-state index contributed by atoms with van der Waals surface area (Å²) in [6, 6.07) is 3.06. The molecule has 1 unspecified atom stereocenters. The summed E-state index contributed by atoms with van der Waals surface area (Å²) in [4.78, 5) is 25.8. The van der Waals surface area contributed by atoms with Crippen molar-refractivity contribution in [3.63, 3.8) is 0 Å². The average Bonchev–Trinajstić information content (AvgIpc) is 2.82. The molecule has 0 aliphatic rings. The zero-order valence-corrected chi connectivity index (χ0v) is 11.6. The first-order chi connectivity index (χ1) is 9.92. The monoisotopic (exact) mass is 294 g/mol. The molecule has 0 spiro atoms. The maximum absolute atomic E-state index is 13.3. The van der Waals surface area contributed by atoms with Crippen LogP contribution in [0.1, 0.15) is 16.1 Å². The van der Waals surface area contributed by atoms with Crippen molar-refractivity contribution in [2.24, 2.45) is 0 Å². The fourth-order valence-corrected chi connectivity index (χ4v) is 2.07. The molecule has 1 aromatic heterocycles. The van der Waals surface area contributed by atoms with E-state index in [1.807, 2.05) is 0 Å². The number of hydrogen-bond donors (Lipinski definition) is 3. The van der Waals surface area contributed by atoms with E-state index >= 15 is 0 Å². The smallest absolute Gasteiger partial charge is 0.328 e. The minimum absolute atomic E-state index is 0.144. The summed E-state index contributed by atoms with van der Waals surface area (Å²) >= 11 is 0. The summed E-state index contributed by atoms with van der Waals surface area (Å²) in [5.41, 5.74) is 1.34. The van der Waals surface area contributed by atoms with E-state index in [1.54, 1.807) is 13.0 Å². The molecule has 7 heteroatoms. The molecule has 1 aromatic carbocycles. The highest BCUT2D eigenvalue weighted by Crippen LogP contribution is 2.21. The third-order valence-corrected chi connectivity index (χ3v) is 3.09. The Bertz CT molecular complexity index is 696. The molecule has 3 N–H and O–H groups in total. The van der Waals surface area contributed by atoms with Crippen LogP contribution < -0.4 is 5.32 Å². The van der Waals surface area contributed by atoms with E-state index < -0.39 is 23.7 Å². The lowest BCUT2D eigenvalue weighted by Gasteiger charge is -2.12. The number of aliphatic carboxylic acids is 1. The lowest BCUT2D eigenvalue weighted by molar-refractivity contribution is -0.140. The van der Waals surface area contributed by atoms with Crippen molar-refractivity contribution in [2.75, 3.05) is 13.7 Å². The Hall–Kier alpha value is -2.41. The lowest BCUT2D eigenvalue weighted by atomic mass is 10.1. The van der Waals surface area contributed by atoms with Crippen molar-refractivity contribution in [1.29, 1.82) is 0 Å². The van der Waals surface area contributed by atoms with Gasteiger partial charge in [-0.05, 0) is 30.7 Å². The maximum Gasteiger partial charge on any atom is 0.328 e. The van der Waals surface area contributed by atoms with Crippen LogP contribution in [0.3, 0.4) is 0 Å². The lowest BCUT2D eigenvalue weighted by Crippen LogP contribution is -2.43. The third kappa shape index (κ3) is 3.19. The van der Waals surface area contributed by atoms with Gasteiger partial charge in [-0.1, -0.05) is 0 Å². The molecule has 0 fully saturated rings. The number of amides is 1. The van der Waals surface area contributed by atoms with Crippen LogP contribution in [-0.4, -0.2) is 41.7 Å². The molecule has 0 radical (unpaired) electrons. The maximum atomic E-state index is 13.3. The van der Waals surface area contributed by atoms with Crippen molar-refractivity contribution in [3.05, 3.63) is 35.3 Å². The SMILES string of the molecule is COCC(NC(=O)c1cc2c(C)cc(F)cc2[nH]1)C(=O)O. The molecule has 21 heavy (non-hydrogen) atoms. The highest BCUT2D eigenvalue weighted by atomic mass is 19.1. The number of methoxy groups -OCH3 is 1. The van der Waals surface area contributed by atoms with Crippen LogP contribution in [0.2, 0.25) is 0 Å². The molecule has 1 heterocycles. The first kappa shape index (κ1) is 15.0. The number of aromatic amines is 1. The number of H-pyrrole nitrogens is 1. The van der Waals surface area contributed by atoms with Crippen molar-refractivity contribution in [3.8, 4) is 0 Å². The Kier molecular flexibility index (Phi) is 4.23. The van der Waals surface area contributed by atoms with E-state index in [4.69, 9.17) is 9.84 Å². The van der Waals surface area contributed by atoms with Crippen molar-refractivity contribution >= 4 is 22.8 Å². The molecule has 1 amide bonds. The number of aromatic nitrogens is 1. The van der Waals surface area contributed by atoms with Crippen LogP contribution in [-0.2, 0) is 9.53 Å². The largest absolute Gasteiger partial charge is 0.480 e. The Morgan fingerprint density at radius 1 is 1.43 bits per heavy atom. The number of carbonyl (C=O) groups excluding carboxylic acids is 1. The molecular formula is C14H15FN2O4. The summed E-state index contributed by atoms with van der Waals surface area (Å²) < 4.78 is 18.0. The van der Waals surface area contributed by atoms with Gasteiger partial charge in [-0.2, -0.15) is 0 Å². The minimum atomic E-state index is -1.19. The van der Waals surface area contributed by atoms with Gasteiger partial charge in [-0.25, -0.2) is 9.18 Å². The predicted molar refractivity (Wildman–Crippen MR) is 73.8 cm³/mol. The van der Waals surface area contributed by atoms with Gasteiger partial charge in [0.25, 0.3) is 5.91 Å². The highest BCUT2D eigenvalue weighted by Gasteiger charge is 2.21. The number of carboxylic acids is 1. The second-order valence-corrected chi connectivity index (χ2v) is 4.69. The highest BCUT2D eigenvalue weighted by molar-refractivity contribution is 6.00. The number of halogens is 1. The van der Waals surface area contributed by atoms with E-state index in [0.29, 0.717) is 16.5 Å². The van der Waals surface area contributed by atoms with Gasteiger partial charge in [-0.15, -0.1) is 0 Å². The standard InChI is InChI=1S/C14H15FN2O4/c1-7-3-8(15)4-10-9(7)5-11(16-10)13(18)17-12(6-21-2)14(19)20/h3-5,12,16H,6H2,1-2H3,(H,17,18)(H,19,20). The second kappa shape index (κ2) is 5.92. The Labute approximate surface area is 119 Å². The summed E-state index contributed by atoms with van der Waals surface area (Å²) in [7, 11) is 1.34. The molecule has 0 aliphatic heterocycles. The fraction of sp³-hybridized carbons (Fsp3) is 0.286. The predicted octanol–water partition coefficient (Wildman–Crippen LogP) is 1.44. The molecule has 1 atom stereocenters. The van der Waals surface area contributed by atoms with Crippen LogP contribution >= 0.6 is 0 Å². The number of ether oxygens (including phenoxy) is 1. The topological polar surface area (TPSA) is 91.4 Å². The summed E-state index contributed by atoms with van der Waals surface area (Å²) in [5.74, 6) is -2.18. The van der Waals surface area contributed by atoms with E-state index in [1.165, 1.54) is 19.2 Å². The molecular weight excluding hydrogens is 279 g/mol. The summed E-state index contributed by atoms with van der Waals surface area (Å²) in [6.45, 7) is 1.58. The molecule has 0 aliphatic carbocycles. The zero-order valence-electron chi connectivity index (χ0n) is 11.6. The Balaban J connectivity index is 2.27. The van der Waals surface area contributed by atoms with Crippen LogP contribution in [0.15, 0.2) is 18.2 Å². The Morgan fingerprint density at radius 2 is 2.14 bits per heavy atom. The van der Waals surface area contributed by atoms with E-state index in [2.05, 4.69) is 10.3 Å². The molecule has 0 bridgehead atoms. The number of aryl methyl sites for hydroxylation is 1. The molecule has 0 saturated carbocycles. The van der Waals surface area contributed by atoms with Gasteiger partial charge in [0.2, 0.25) is 0 Å². The first-order valence-corrected chi connectivity index (χ1v) is 6.24. The van der Waals surface area contributed by atoms with Gasteiger partial charge in [0.1, 0.15) is 11.5 Å². The minimum Gasteiger partial charge on any atom is -0.480 e. The molecule has 2 rings (SSSR count). The van der Waals surface area contributed by atoms with Crippen molar-refractivity contribution < 1.29 is 23.8 Å². The van der Waals surface area contributed by atoms with Crippen LogP contribution in [0.25, 0.3) is 10.9 Å². The number of carboxylic acid groups (broad SMARTS) is 1. The van der Waals surface area contributed by atoms with Gasteiger partial charge in [0.15, 0.2) is 6.04 Å². The molecule has 112 valence electrons. The average molecular weight is 294 g/mol. The van der Waals surface area contributed by atoms with Crippen LogP contribution in [0.4, 0.5) is 4.39 Å². The Morgan fingerprint density at radius 3 is 2.76 bits per heavy atom. The molecule has 2 aromatic rings. The van der Waals surface area contributed by atoms with Crippen molar-refractivity contribution in [2.45, 2.75) is 13.0 Å². The number of hydrogen-bond acceptors (Lipinski definition) is 3. The summed E-state index contributed by atoms with van der Waals surface area (Å²) in [6.07, 6.45) is 0. The van der Waals surface area contributed by atoms with Gasteiger partial charge >= 0.3 is 5.97 Å². The molecule has 0 saturated heterocycles. The first-order valence-electron chi connectivity index (χ1n) is 6.24. The van der Waals surface area contributed by atoms with Crippen molar-refractivity contribution in [1.82, 2.24) is 10.3 Å². The number of fused-ring (bicyclic) bond motifs is 1. The number of benzene rings is 1. The molecule has 6 nitrogen and oxygen atoms in total. The number of carbonyl (C=O) groups is 2. The van der Waals surface area contributed by atoms with E-state index in [-0.39, 0.29) is 12.3 Å². The fourth-order valence-electron chi connectivity index (χ4n) is 2.07. The van der Waals surface area contributed by atoms with E-state index in [0.717, 1.165) is 0 Å². The number of rotatable bonds is 5. The van der Waals surface area contributed by atoms with Gasteiger partial charge in [0, 0.05) is 18.0 Å². The number of nitrogens with one attached hydrogen (secondary N) is 2. The zero-order chi connectivity index (χ0) is 15.6. The quantitative estimate of drug-likeness (QED) is 0.778. The van der Waals surface area contributed by atoms with Crippen LogP contribution in [0, 0.1) is 12.7 Å². The normalized spacial score (nSPS) is 12.3. The van der Waals surface area contributed by atoms with Gasteiger partial charge < -0.3 is 20.1 Å². The second-order valence-electron chi connectivity index (χ2n) is 4.69.